The Bertz CT molecular complexity index is 457. The first-order valence-corrected chi connectivity index (χ1v) is 7.19. The van der Waals surface area contributed by atoms with Crippen LogP contribution in [0.5, 0.6) is 0 Å². The van der Waals surface area contributed by atoms with Crippen LogP contribution in [0.4, 0.5) is 4.79 Å². The first-order valence-electron chi connectivity index (χ1n) is 7.19. The first-order chi connectivity index (χ1) is 9.67. The molecule has 3 atom stereocenters. The van der Waals surface area contributed by atoms with Gasteiger partial charge in [-0.1, -0.05) is 0 Å². The second-order valence-electron chi connectivity index (χ2n) is 6.70. The summed E-state index contributed by atoms with van der Waals surface area (Å²) in [5, 5.41) is 11.9. The van der Waals surface area contributed by atoms with Crippen molar-refractivity contribution in [3.63, 3.8) is 0 Å². The predicted octanol–water partition coefficient (Wildman–Crippen LogP) is 0.975. The molecule has 2 amide bonds. The predicted molar refractivity (Wildman–Crippen MR) is 73.6 cm³/mol. The van der Waals surface area contributed by atoms with Gasteiger partial charge in [0, 0.05) is 0 Å². The third kappa shape index (κ3) is 3.65. The number of rotatable bonds is 1. The zero-order chi connectivity index (χ0) is 15.8. The minimum absolute atomic E-state index is 0.0339. The maximum absolute atomic E-state index is 12.2. The Morgan fingerprint density at radius 1 is 1.33 bits per heavy atom. The van der Waals surface area contributed by atoms with Crippen molar-refractivity contribution in [3.05, 3.63) is 0 Å². The van der Waals surface area contributed by atoms with Gasteiger partial charge in [0.25, 0.3) is 0 Å². The van der Waals surface area contributed by atoms with E-state index in [2.05, 4.69) is 5.32 Å². The highest BCUT2D eigenvalue weighted by Crippen LogP contribution is 2.31. The highest BCUT2D eigenvalue weighted by atomic mass is 16.6. The Hall–Kier alpha value is -1.79. The van der Waals surface area contributed by atoms with E-state index in [1.807, 2.05) is 0 Å². The number of piperazine rings is 1. The maximum atomic E-state index is 12.2. The summed E-state index contributed by atoms with van der Waals surface area (Å²) in [4.78, 5) is 36.5. The van der Waals surface area contributed by atoms with E-state index in [1.54, 1.807) is 20.8 Å². The van der Waals surface area contributed by atoms with Crippen molar-refractivity contribution in [3.8, 4) is 0 Å². The van der Waals surface area contributed by atoms with Gasteiger partial charge in [0.1, 0.15) is 12.1 Å². The molecule has 0 radical (unpaired) electrons. The molecule has 21 heavy (non-hydrogen) atoms. The van der Waals surface area contributed by atoms with Gasteiger partial charge < -0.3 is 15.2 Å². The lowest BCUT2D eigenvalue weighted by Crippen LogP contribution is -2.64. The third-order valence-corrected chi connectivity index (χ3v) is 3.85. The van der Waals surface area contributed by atoms with E-state index in [0.29, 0.717) is 19.3 Å². The molecule has 7 heteroatoms. The van der Waals surface area contributed by atoms with E-state index >= 15 is 0 Å². The van der Waals surface area contributed by atoms with Crippen LogP contribution in [-0.4, -0.2) is 52.2 Å². The summed E-state index contributed by atoms with van der Waals surface area (Å²) in [6.07, 6.45) is 0.902. The van der Waals surface area contributed by atoms with E-state index < -0.39 is 23.6 Å². The van der Waals surface area contributed by atoms with Gasteiger partial charge in [-0.05, 0) is 40.0 Å². The fourth-order valence-electron chi connectivity index (χ4n) is 2.95. The Balaban J connectivity index is 2.11. The summed E-state index contributed by atoms with van der Waals surface area (Å²) in [6, 6.07) is -0.498. The van der Waals surface area contributed by atoms with Crippen LogP contribution in [0.2, 0.25) is 0 Å². The number of ether oxygens (including phenoxy) is 1. The van der Waals surface area contributed by atoms with Crippen molar-refractivity contribution in [2.24, 2.45) is 5.92 Å². The minimum atomic E-state index is -0.850. The van der Waals surface area contributed by atoms with Crippen LogP contribution in [0, 0.1) is 5.92 Å². The number of carbonyl (C=O) groups excluding carboxylic acids is 2. The molecule has 2 N–H and O–H groups in total. The number of carboxylic acids is 1. The number of hydrogen-bond donors (Lipinski definition) is 2. The summed E-state index contributed by atoms with van der Waals surface area (Å²) in [5.74, 6) is -1.59. The van der Waals surface area contributed by atoms with Crippen molar-refractivity contribution in [1.29, 1.82) is 0 Å². The minimum Gasteiger partial charge on any atom is -0.481 e. The van der Waals surface area contributed by atoms with Gasteiger partial charge in [-0.15, -0.1) is 0 Å². The smallest absolute Gasteiger partial charge is 0.411 e. The van der Waals surface area contributed by atoms with Crippen LogP contribution in [0.1, 0.15) is 40.0 Å². The van der Waals surface area contributed by atoms with Crippen LogP contribution in [0.15, 0.2) is 0 Å². The highest BCUT2D eigenvalue weighted by Gasteiger charge is 2.44. The Morgan fingerprint density at radius 3 is 2.57 bits per heavy atom. The quantitative estimate of drug-likeness (QED) is 0.752. The number of carboxylic acid groups (broad SMARTS) is 1. The number of fused-ring (bicyclic) bond motifs is 1. The van der Waals surface area contributed by atoms with Crippen molar-refractivity contribution < 1.29 is 24.2 Å². The van der Waals surface area contributed by atoms with Crippen molar-refractivity contribution >= 4 is 18.0 Å². The zero-order valence-corrected chi connectivity index (χ0v) is 12.6. The van der Waals surface area contributed by atoms with E-state index in [-0.39, 0.29) is 24.5 Å². The lowest BCUT2D eigenvalue weighted by atomic mass is 9.80. The molecule has 0 spiro atoms. The summed E-state index contributed by atoms with van der Waals surface area (Å²) in [6.45, 7) is 5.28. The molecule has 0 bridgehead atoms. The summed E-state index contributed by atoms with van der Waals surface area (Å²) in [5.41, 5.74) is -0.626. The highest BCUT2D eigenvalue weighted by molar-refractivity contribution is 5.84. The number of nitrogens with one attached hydrogen (secondary N) is 1. The molecule has 118 valence electrons. The molecule has 0 aromatic rings. The number of carbonyl (C=O) groups is 3. The molecule has 2 fully saturated rings. The monoisotopic (exact) mass is 298 g/mol. The number of amides is 2. The number of aliphatic carboxylic acids is 1. The maximum Gasteiger partial charge on any atom is 0.411 e. The molecular formula is C14H22N2O5. The molecule has 1 saturated heterocycles. The molecule has 1 heterocycles. The molecule has 1 saturated carbocycles. The van der Waals surface area contributed by atoms with Gasteiger partial charge in [-0.25, -0.2) is 4.79 Å². The normalized spacial score (nSPS) is 29.4. The molecule has 1 aliphatic carbocycles. The topological polar surface area (TPSA) is 95.9 Å². The average Bonchev–Trinajstić information content (AvgIpc) is 2.34. The lowest BCUT2D eigenvalue weighted by Gasteiger charge is -2.45. The van der Waals surface area contributed by atoms with Gasteiger partial charge in [0.15, 0.2) is 0 Å². The van der Waals surface area contributed by atoms with Gasteiger partial charge in [-0.3, -0.25) is 14.5 Å². The molecule has 2 aliphatic rings. The molecule has 0 aromatic heterocycles. The van der Waals surface area contributed by atoms with Crippen LogP contribution in [0.25, 0.3) is 0 Å². The molecule has 1 aliphatic heterocycles. The van der Waals surface area contributed by atoms with Gasteiger partial charge in [0.2, 0.25) is 5.91 Å². The van der Waals surface area contributed by atoms with Crippen LogP contribution >= 0.6 is 0 Å². The molecule has 0 aromatic carbocycles. The van der Waals surface area contributed by atoms with E-state index in [4.69, 9.17) is 9.84 Å². The van der Waals surface area contributed by atoms with Gasteiger partial charge in [0.05, 0.1) is 18.0 Å². The fraction of sp³-hybridized carbons (Fsp3) is 0.786. The molecule has 2 rings (SSSR count). The SMILES string of the molecule is CC(C)(C)OC(=O)N1CC(=O)NC2CC(C(=O)O)CCC21. The van der Waals surface area contributed by atoms with Gasteiger partial charge >= 0.3 is 12.1 Å². The molecule has 3 unspecified atom stereocenters. The number of nitrogens with zero attached hydrogens (tertiary/aromatic N) is 1. The third-order valence-electron chi connectivity index (χ3n) is 3.85. The Kier molecular flexibility index (Phi) is 4.11. The van der Waals surface area contributed by atoms with Crippen LogP contribution in [0.3, 0.4) is 0 Å². The van der Waals surface area contributed by atoms with Gasteiger partial charge in [-0.2, -0.15) is 0 Å². The molecular weight excluding hydrogens is 276 g/mol. The number of hydrogen-bond acceptors (Lipinski definition) is 4. The van der Waals surface area contributed by atoms with Crippen LogP contribution < -0.4 is 5.32 Å². The Labute approximate surface area is 123 Å². The van der Waals surface area contributed by atoms with Crippen molar-refractivity contribution in [2.75, 3.05) is 6.54 Å². The average molecular weight is 298 g/mol. The van der Waals surface area contributed by atoms with Crippen LogP contribution in [-0.2, 0) is 14.3 Å². The summed E-state index contributed by atoms with van der Waals surface area (Å²) < 4.78 is 5.34. The standard InChI is InChI=1S/C14H22N2O5/c1-14(2,3)21-13(20)16-7-11(17)15-9-6-8(12(18)19)4-5-10(9)16/h8-10H,4-7H2,1-3H3,(H,15,17)(H,18,19). The van der Waals surface area contributed by atoms with E-state index in [1.165, 1.54) is 4.90 Å². The van der Waals surface area contributed by atoms with Crippen molar-refractivity contribution in [2.45, 2.75) is 57.7 Å². The van der Waals surface area contributed by atoms with Crippen molar-refractivity contribution in [1.82, 2.24) is 10.2 Å². The fourth-order valence-corrected chi connectivity index (χ4v) is 2.95. The largest absolute Gasteiger partial charge is 0.481 e. The second kappa shape index (κ2) is 5.54. The summed E-state index contributed by atoms with van der Waals surface area (Å²) in [7, 11) is 0. The zero-order valence-electron chi connectivity index (χ0n) is 12.6. The first kappa shape index (κ1) is 15.6. The second-order valence-corrected chi connectivity index (χ2v) is 6.70. The lowest BCUT2D eigenvalue weighted by molar-refractivity contribution is -0.145. The summed E-state index contributed by atoms with van der Waals surface area (Å²) >= 11 is 0. The Morgan fingerprint density at radius 2 is 2.00 bits per heavy atom. The van der Waals surface area contributed by atoms with E-state index in [0.717, 1.165) is 0 Å². The molecule has 7 nitrogen and oxygen atoms in total. The van der Waals surface area contributed by atoms with E-state index in [9.17, 15) is 14.4 Å².